The number of esters is 1. The van der Waals surface area contributed by atoms with Crippen LogP contribution in [0.3, 0.4) is 0 Å². The number of methoxy groups -OCH3 is 1. The lowest BCUT2D eigenvalue weighted by Gasteiger charge is -2.06. The summed E-state index contributed by atoms with van der Waals surface area (Å²) in [6, 6.07) is 12.6. The van der Waals surface area contributed by atoms with Gasteiger partial charge >= 0.3 is 11.7 Å². The van der Waals surface area contributed by atoms with Gasteiger partial charge in [0.1, 0.15) is 0 Å². The Morgan fingerprint density at radius 3 is 2.55 bits per heavy atom. The number of ether oxygens (including phenoxy) is 1. The summed E-state index contributed by atoms with van der Waals surface area (Å²) in [5.74, 6) is -0.355. The average Bonchev–Trinajstić information content (AvgIpc) is 2.92. The molecule has 0 unspecified atom stereocenters. The number of carbonyl (C=O) groups is 1. The van der Waals surface area contributed by atoms with Crippen molar-refractivity contribution in [3.05, 3.63) is 58.5 Å². The van der Waals surface area contributed by atoms with Gasteiger partial charge in [0.25, 0.3) is 0 Å². The van der Waals surface area contributed by atoms with Crippen LogP contribution in [-0.4, -0.2) is 23.0 Å². The number of benzene rings is 2. The van der Waals surface area contributed by atoms with Crippen LogP contribution in [0.15, 0.2) is 52.2 Å². The van der Waals surface area contributed by atoms with E-state index in [-0.39, 0.29) is 11.7 Å². The quantitative estimate of drug-likeness (QED) is 0.509. The van der Waals surface area contributed by atoms with Crippen molar-refractivity contribution in [1.82, 2.24) is 9.97 Å². The molecule has 0 aliphatic carbocycles. The normalized spacial score (nSPS) is 10.6. The lowest BCUT2D eigenvalue weighted by molar-refractivity contribution is 0.0600. The molecule has 0 radical (unpaired) electrons. The van der Waals surface area contributed by atoms with Gasteiger partial charge in [0.2, 0.25) is 0 Å². The van der Waals surface area contributed by atoms with Gasteiger partial charge in [0.05, 0.1) is 23.7 Å². The van der Waals surface area contributed by atoms with Crippen LogP contribution in [-0.2, 0) is 4.74 Å². The Morgan fingerprint density at radius 1 is 1.09 bits per heavy atom. The summed E-state index contributed by atoms with van der Waals surface area (Å²) in [5, 5.41) is 0. The zero-order chi connectivity index (χ0) is 15.5. The topological polar surface area (TPSA) is 87.0 Å². The fourth-order valence-corrected chi connectivity index (χ4v) is 2.63. The minimum absolute atomic E-state index is 0.224. The molecule has 0 saturated carbocycles. The van der Waals surface area contributed by atoms with E-state index >= 15 is 0 Å². The van der Waals surface area contributed by atoms with Crippen molar-refractivity contribution in [2.24, 2.45) is 0 Å². The highest BCUT2D eigenvalue weighted by Crippen LogP contribution is 2.23. The van der Waals surface area contributed by atoms with Crippen LogP contribution in [0.2, 0.25) is 0 Å². The molecule has 2 aromatic carbocycles. The van der Waals surface area contributed by atoms with Gasteiger partial charge in [0, 0.05) is 10.6 Å². The SMILES string of the molecule is COC(=O)c1ccc(SNc2ccc3[nH]c(=O)[nH]c3c2)cc1. The molecule has 3 N–H and O–H groups in total. The van der Waals surface area contributed by atoms with Crippen molar-refractivity contribution >= 4 is 34.6 Å². The largest absolute Gasteiger partial charge is 0.465 e. The lowest BCUT2D eigenvalue weighted by atomic mass is 10.2. The molecular weight excluding hydrogens is 302 g/mol. The summed E-state index contributed by atoms with van der Waals surface area (Å²) in [4.78, 5) is 28.9. The smallest absolute Gasteiger partial charge is 0.337 e. The predicted molar refractivity (Wildman–Crippen MR) is 86.2 cm³/mol. The number of hydrogen-bond donors (Lipinski definition) is 3. The lowest BCUT2D eigenvalue weighted by Crippen LogP contribution is -2.00. The highest BCUT2D eigenvalue weighted by Gasteiger charge is 2.05. The summed E-state index contributed by atoms with van der Waals surface area (Å²) >= 11 is 1.41. The van der Waals surface area contributed by atoms with Crippen molar-refractivity contribution in [2.45, 2.75) is 4.90 Å². The highest BCUT2D eigenvalue weighted by molar-refractivity contribution is 8.00. The zero-order valence-electron chi connectivity index (χ0n) is 11.7. The maximum Gasteiger partial charge on any atom is 0.337 e. The van der Waals surface area contributed by atoms with E-state index in [1.165, 1.54) is 19.1 Å². The van der Waals surface area contributed by atoms with E-state index in [1.54, 1.807) is 12.1 Å². The maximum absolute atomic E-state index is 11.4. The van der Waals surface area contributed by atoms with Gasteiger partial charge in [-0.1, -0.05) is 0 Å². The summed E-state index contributed by atoms with van der Waals surface area (Å²) in [5.41, 5.74) is 2.67. The molecule has 1 aromatic heterocycles. The molecule has 6 nitrogen and oxygen atoms in total. The summed E-state index contributed by atoms with van der Waals surface area (Å²) in [7, 11) is 1.36. The third-order valence-electron chi connectivity index (χ3n) is 3.08. The van der Waals surface area contributed by atoms with Gasteiger partial charge in [-0.2, -0.15) is 0 Å². The van der Waals surface area contributed by atoms with E-state index in [4.69, 9.17) is 0 Å². The molecule has 3 aromatic rings. The summed E-state index contributed by atoms with van der Waals surface area (Å²) < 4.78 is 7.84. The van der Waals surface area contributed by atoms with Gasteiger partial charge < -0.3 is 19.4 Å². The Morgan fingerprint density at radius 2 is 1.82 bits per heavy atom. The minimum atomic E-state index is -0.355. The molecule has 0 atom stereocenters. The fraction of sp³-hybridized carbons (Fsp3) is 0.0667. The number of aromatic amines is 2. The third kappa shape index (κ3) is 2.99. The molecule has 7 heteroatoms. The van der Waals surface area contributed by atoms with Crippen LogP contribution in [0.5, 0.6) is 0 Å². The molecule has 3 rings (SSSR count). The Labute approximate surface area is 130 Å². The first kappa shape index (κ1) is 14.3. The highest BCUT2D eigenvalue weighted by atomic mass is 32.2. The number of imidazole rings is 1. The Kier molecular flexibility index (Phi) is 3.88. The molecule has 0 bridgehead atoms. The van der Waals surface area contributed by atoms with Crippen molar-refractivity contribution < 1.29 is 9.53 Å². The number of fused-ring (bicyclic) bond motifs is 1. The van der Waals surface area contributed by atoms with E-state index in [9.17, 15) is 9.59 Å². The monoisotopic (exact) mass is 315 g/mol. The molecule has 112 valence electrons. The zero-order valence-corrected chi connectivity index (χ0v) is 12.5. The van der Waals surface area contributed by atoms with Crippen LogP contribution in [0.1, 0.15) is 10.4 Å². The number of rotatable bonds is 4. The molecule has 0 fully saturated rings. The minimum Gasteiger partial charge on any atom is -0.465 e. The Bertz CT molecular complexity index is 868. The second-order valence-corrected chi connectivity index (χ2v) is 5.44. The Balaban J connectivity index is 1.70. The third-order valence-corrected chi connectivity index (χ3v) is 3.92. The second kappa shape index (κ2) is 5.98. The van der Waals surface area contributed by atoms with E-state index in [2.05, 4.69) is 19.4 Å². The predicted octanol–water partition coefficient (Wildman–Crippen LogP) is 2.76. The van der Waals surface area contributed by atoms with Crippen LogP contribution >= 0.6 is 11.9 Å². The standard InChI is InChI=1S/C15H13N3O3S/c1-21-14(19)9-2-5-11(6-3-9)22-18-10-4-7-12-13(8-10)17-15(20)16-12/h2-8,18H,1H3,(H2,16,17,20). The van der Waals surface area contributed by atoms with Crippen molar-refractivity contribution in [3.63, 3.8) is 0 Å². The van der Waals surface area contributed by atoms with Crippen LogP contribution in [0, 0.1) is 0 Å². The second-order valence-electron chi connectivity index (χ2n) is 4.56. The number of H-pyrrole nitrogens is 2. The molecule has 22 heavy (non-hydrogen) atoms. The number of carbonyl (C=O) groups excluding carboxylic acids is 1. The number of nitrogens with one attached hydrogen (secondary N) is 3. The molecular formula is C15H13N3O3S. The number of hydrogen-bond acceptors (Lipinski definition) is 5. The Hall–Kier alpha value is -2.67. The summed E-state index contributed by atoms with van der Waals surface area (Å²) in [6.45, 7) is 0. The van der Waals surface area contributed by atoms with Crippen molar-refractivity contribution in [1.29, 1.82) is 0 Å². The summed E-state index contributed by atoms with van der Waals surface area (Å²) in [6.07, 6.45) is 0. The van der Waals surface area contributed by atoms with E-state index < -0.39 is 0 Å². The van der Waals surface area contributed by atoms with Gasteiger partial charge in [-0.05, 0) is 54.4 Å². The van der Waals surface area contributed by atoms with E-state index in [0.717, 1.165) is 21.6 Å². The van der Waals surface area contributed by atoms with Crippen LogP contribution < -0.4 is 10.4 Å². The van der Waals surface area contributed by atoms with Gasteiger partial charge in [-0.3, -0.25) is 0 Å². The molecule has 1 heterocycles. The van der Waals surface area contributed by atoms with Gasteiger partial charge in [-0.25, -0.2) is 9.59 Å². The number of aromatic nitrogens is 2. The first-order valence-corrected chi connectivity index (χ1v) is 7.30. The van der Waals surface area contributed by atoms with Crippen LogP contribution in [0.4, 0.5) is 5.69 Å². The molecule has 0 saturated heterocycles. The maximum atomic E-state index is 11.4. The number of anilines is 1. The molecule has 0 aliphatic rings. The van der Waals surface area contributed by atoms with Gasteiger partial charge in [0.15, 0.2) is 0 Å². The molecule has 0 amide bonds. The van der Waals surface area contributed by atoms with Crippen molar-refractivity contribution in [2.75, 3.05) is 11.8 Å². The van der Waals surface area contributed by atoms with Crippen molar-refractivity contribution in [3.8, 4) is 0 Å². The first-order valence-electron chi connectivity index (χ1n) is 6.49. The first-order chi connectivity index (χ1) is 10.7. The van der Waals surface area contributed by atoms with Crippen LogP contribution in [0.25, 0.3) is 11.0 Å². The molecule has 0 spiro atoms. The van der Waals surface area contributed by atoms with E-state index in [1.807, 2.05) is 30.3 Å². The fourth-order valence-electron chi connectivity index (χ4n) is 1.99. The average molecular weight is 315 g/mol. The van der Waals surface area contributed by atoms with E-state index in [0.29, 0.717) is 5.56 Å². The molecule has 0 aliphatic heterocycles. The van der Waals surface area contributed by atoms with Gasteiger partial charge in [-0.15, -0.1) is 0 Å².